The number of amides is 8. The molecule has 0 spiro atoms. The van der Waals surface area contributed by atoms with Crippen LogP contribution in [0.25, 0.3) is 10.9 Å². The minimum Gasteiger partial charge on any atom is -0.481 e. The van der Waals surface area contributed by atoms with Crippen molar-refractivity contribution in [2.24, 2.45) is 11.7 Å². The molecule has 1 saturated carbocycles. The third-order valence-electron chi connectivity index (χ3n) is 13.7. The van der Waals surface area contributed by atoms with E-state index in [4.69, 9.17) is 5.73 Å². The first kappa shape index (κ1) is 52.6. The number of aromatic nitrogens is 3. The first-order valence-electron chi connectivity index (χ1n) is 24.8. The van der Waals surface area contributed by atoms with Gasteiger partial charge in [-0.3, -0.25) is 43.2 Å². The topological polar surface area (TPSA) is 311 Å². The number of aromatic amines is 2. The zero-order valence-electron chi connectivity index (χ0n) is 40.1. The Bertz CT molecular complexity index is 2330. The van der Waals surface area contributed by atoms with E-state index in [1.165, 1.54) is 24.3 Å². The van der Waals surface area contributed by atoms with Crippen molar-refractivity contribution in [3.63, 3.8) is 0 Å². The van der Waals surface area contributed by atoms with Crippen LogP contribution < -0.4 is 32.3 Å². The van der Waals surface area contributed by atoms with Gasteiger partial charge in [0.15, 0.2) is 0 Å². The Morgan fingerprint density at radius 3 is 2.26 bits per heavy atom. The number of unbranched alkanes of at least 4 members (excludes halogenated alkanes) is 1. The van der Waals surface area contributed by atoms with E-state index in [2.05, 4.69) is 41.5 Å². The van der Waals surface area contributed by atoms with E-state index >= 15 is 0 Å². The first-order chi connectivity index (χ1) is 33.6. The van der Waals surface area contributed by atoms with Gasteiger partial charge in [-0.05, 0) is 62.5 Å². The molecule has 3 aliphatic rings. The second-order valence-corrected chi connectivity index (χ2v) is 18.9. The number of hydrogen-bond donors (Lipinski definition) is 9. The van der Waals surface area contributed by atoms with Crippen LogP contribution in [-0.4, -0.2) is 138 Å². The summed E-state index contributed by atoms with van der Waals surface area (Å²) >= 11 is 0. The number of imidazole rings is 1. The fourth-order valence-electron chi connectivity index (χ4n) is 10.2. The van der Waals surface area contributed by atoms with Crippen LogP contribution in [0.5, 0.6) is 0 Å². The van der Waals surface area contributed by atoms with Gasteiger partial charge >= 0.3 is 5.97 Å². The molecule has 10 N–H and O–H groups in total. The van der Waals surface area contributed by atoms with Crippen LogP contribution in [0.1, 0.15) is 121 Å². The number of carboxylic acids is 1. The third kappa shape index (κ3) is 13.9. The van der Waals surface area contributed by atoms with Crippen molar-refractivity contribution in [2.75, 3.05) is 13.1 Å². The molecule has 4 heterocycles. The van der Waals surface area contributed by atoms with Gasteiger partial charge < -0.3 is 57.2 Å². The molecule has 2 saturated heterocycles. The molecule has 21 heteroatoms. The van der Waals surface area contributed by atoms with Crippen LogP contribution in [0.15, 0.2) is 43.0 Å². The lowest BCUT2D eigenvalue weighted by molar-refractivity contribution is -0.154. The Labute approximate surface area is 407 Å². The summed E-state index contributed by atoms with van der Waals surface area (Å²) in [6.45, 7) is 3.32. The highest BCUT2D eigenvalue weighted by molar-refractivity contribution is 6.00. The Balaban J connectivity index is 1.42. The Kier molecular flexibility index (Phi) is 18.9. The van der Waals surface area contributed by atoms with E-state index in [0.717, 1.165) is 53.5 Å². The molecule has 1 aliphatic carbocycles. The molecule has 380 valence electrons. The van der Waals surface area contributed by atoms with Crippen LogP contribution in [0.2, 0.25) is 0 Å². The standard InChI is InChI=1S/C49H69N11O10/c1-3-4-16-35(55-29(2)61)49(70)60-39(43(50)64)18-10-11-20-52-44(65)36(23-31-26-53-34-17-9-8-15-33(31)34)56-46(67)40-19-12-21-59(40)48(69)38(22-30-13-6-5-7-14-30)58-45(66)37(24-32-27-51-28-54-32)57-47(68)41(60)25-42(62)63/h8-9,15,17,26-28,30,35-41,53H,3-7,10-14,16,18-25H2,1-2H3,(H2,50,64)(H,51,54)(H,52,65)(H,55,61)(H,56,67)(H,57,68)(H,58,66)(H,62,63)/t35-,36-,37-,38+,39-,40-,41-/m0/s1. The largest absolute Gasteiger partial charge is 0.481 e. The Hall–Kier alpha value is -6.80. The molecule has 0 unspecified atom stereocenters. The molecule has 0 radical (unpaired) electrons. The van der Waals surface area contributed by atoms with Gasteiger partial charge in [0.25, 0.3) is 0 Å². The normalized spacial score (nSPS) is 24.3. The second kappa shape index (κ2) is 25.2. The number of carbonyl (C=O) groups is 9. The molecule has 7 atom stereocenters. The molecule has 3 fully saturated rings. The highest BCUT2D eigenvalue weighted by Crippen LogP contribution is 2.30. The van der Waals surface area contributed by atoms with Crippen molar-refractivity contribution in [1.29, 1.82) is 0 Å². The summed E-state index contributed by atoms with van der Waals surface area (Å²) in [5.41, 5.74) is 8.02. The smallest absolute Gasteiger partial charge is 0.305 e. The monoisotopic (exact) mass is 972 g/mol. The van der Waals surface area contributed by atoms with E-state index < -0.39 is 102 Å². The van der Waals surface area contributed by atoms with Crippen molar-refractivity contribution in [2.45, 2.75) is 165 Å². The average molecular weight is 972 g/mol. The SMILES string of the molecule is CCCC[C@H](NC(C)=O)C(=O)N1[C@H](C(N)=O)CCCCNC(=O)[C@H](Cc2c[nH]c3ccccc23)NC(=O)[C@@H]2CCCN2C(=O)[C@@H](CC2CCCCC2)NC(=O)[C@H](Cc2cnc[nH]2)NC(=O)[C@@H]1CC(=O)O. The number of nitrogens with zero attached hydrogens (tertiary/aromatic N) is 3. The van der Waals surface area contributed by atoms with Gasteiger partial charge in [0, 0.05) is 61.8 Å². The van der Waals surface area contributed by atoms with E-state index in [1.807, 2.05) is 31.2 Å². The number of primary amides is 1. The maximum absolute atomic E-state index is 14.9. The summed E-state index contributed by atoms with van der Waals surface area (Å²) in [5.74, 6) is -7.51. The molecule has 1 aromatic carbocycles. The van der Waals surface area contributed by atoms with E-state index in [9.17, 15) is 48.3 Å². The number of para-hydroxylation sites is 1. The summed E-state index contributed by atoms with van der Waals surface area (Å²) in [5, 5.41) is 25.2. The molecule has 0 bridgehead atoms. The number of rotatable bonds is 14. The number of hydrogen-bond acceptors (Lipinski definition) is 10. The van der Waals surface area contributed by atoms with Crippen LogP contribution in [0.3, 0.4) is 0 Å². The number of benzene rings is 1. The minimum atomic E-state index is -1.93. The van der Waals surface area contributed by atoms with Gasteiger partial charge in [0.05, 0.1) is 12.7 Å². The number of carbonyl (C=O) groups excluding carboxylic acids is 8. The summed E-state index contributed by atoms with van der Waals surface area (Å²) in [4.78, 5) is 139. The molecule has 3 aromatic rings. The number of aliphatic carboxylic acids is 1. The van der Waals surface area contributed by atoms with Crippen molar-refractivity contribution < 1.29 is 48.3 Å². The quantitative estimate of drug-likeness (QED) is 0.112. The molecule has 8 amide bonds. The lowest BCUT2D eigenvalue weighted by atomic mass is 9.84. The average Bonchev–Trinajstić information content (AvgIpc) is 4.13. The van der Waals surface area contributed by atoms with Crippen molar-refractivity contribution in [3.8, 4) is 0 Å². The fourth-order valence-corrected chi connectivity index (χ4v) is 10.2. The maximum Gasteiger partial charge on any atom is 0.305 e. The number of H-pyrrole nitrogens is 2. The van der Waals surface area contributed by atoms with Gasteiger partial charge in [0.1, 0.15) is 42.3 Å². The lowest BCUT2D eigenvalue weighted by Gasteiger charge is -2.38. The van der Waals surface area contributed by atoms with Gasteiger partial charge in [-0.1, -0.05) is 70.1 Å². The summed E-state index contributed by atoms with van der Waals surface area (Å²) < 4.78 is 0. The van der Waals surface area contributed by atoms with E-state index in [0.29, 0.717) is 31.4 Å². The predicted molar refractivity (Wildman–Crippen MR) is 256 cm³/mol. The van der Waals surface area contributed by atoms with Crippen LogP contribution in [0, 0.1) is 5.92 Å². The van der Waals surface area contributed by atoms with Crippen LogP contribution in [0.4, 0.5) is 0 Å². The first-order valence-corrected chi connectivity index (χ1v) is 24.8. The van der Waals surface area contributed by atoms with E-state index in [1.54, 1.807) is 6.20 Å². The zero-order chi connectivity index (χ0) is 50.3. The molecular weight excluding hydrogens is 903 g/mol. The van der Waals surface area contributed by atoms with Crippen LogP contribution >= 0.6 is 0 Å². The van der Waals surface area contributed by atoms with Gasteiger partial charge in [0.2, 0.25) is 47.3 Å². The zero-order valence-corrected chi connectivity index (χ0v) is 40.1. The van der Waals surface area contributed by atoms with E-state index in [-0.39, 0.29) is 64.0 Å². The van der Waals surface area contributed by atoms with Gasteiger partial charge in [-0.25, -0.2) is 4.98 Å². The van der Waals surface area contributed by atoms with Crippen molar-refractivity contribution in [1.82, 2.24) is 51.3 Å². The Morgan fingerprint density at radius 2 is 1.56 bits per heavy atom. The number of carboxylic acid groups (broad SMARTS) is 1. The maximum atomic E-state index is 14.9. The molecule has 6 rings (SSSR count). The van der Waals surface area contributed by atoms with Gasteiger partial charge in [-0.15, -0.1) is 0 Å². The molecule has 2 aliphatic heterocycles. The Morgan fingerprint density at radius 1 is 0.843 bits per heavy atom. The van der Waals surface area contributed by atoms with Gasteiger partial charge in [-0.2, -0.15) is 0 Å². The van der Waals surface area contributed by atoms with Crippen molar-refractivity contribution >= 4 is 64.1 Å². The predicted octanol–water partition coefficient (Wildman–Crippen LogP) is 1.61. The number of nitrogens with two attached hydrogens (primary N) is 1. The fraction of sp³-hybridized carbons (Fsp3) is 0.592. The molecular formula is C49H69N11O10. The lowest BCUT2D eigenvalue weighted by Crippen LogP contribution is -2.64. The highest BCUT2D eigenvalue weighted by atomic mass is 16.4. The summed E-state index contributed by atoms with van der Waals surface area (Å²) in [6, 6.07) is -1.97. The van der Waals surface area contributed by atoms with Crippen molar-refractivity contribution in [3.05, 3.63) is 54.2 Å². The summed E-state index contributed by atoms with van der Waals surface area (Å²) in [6.07, 6.45) is 10.3. The number of fused-ring (bicyclic) bond motifs is 2. The highest BCUT2D eigenvalue weighted by Gasteiger charge is 2.44. The molecule has 70 heavy (non-hydrogen) atoms. The number of nitrogens with one attached hydrogen (secondary N) is 7. The van der Waals surface area contributed by atoms with Crippen LogP contribution in [-0.2, 0) is 56.0 Å². The molecule has 21 nitrogen and oxygen atoms in total. The third-order valence-corrected chi connectivity index (χ3v) is 13.7. The second-order valence-electron chi connectivity index (χ2n) is 18.9. The minimum absolute atomic E-state index is 0.0442. The molecule has 2 aromatic heterocycles. The summed E-state index contributed by atoms with van der Waals surface area (Å²) in [7, 11) is 0.